The quantitative estimate of drug-likeness (QED) is 0.609. The van der Waals surface area contributed by atoms with Crippen LogP contribution in [-0.2, 0) is 27.3 Å². The SMILES string of the molecule is CCCN(CC(=O)N(Cc1ccco1)CC1CCCO1)C(=O)Cc1cccs1. The molecule has 1 unspecified atom stereocenters. The van der Waals surface area contributed by atoms with Gasteiger partial charge in [-0.1, -0.05) is 13.0 Å². The lowest BCUT2D eigenvalue weighted by Crippen LogP contribution is -2.45. The van der Waals surface area contributed by atoms with Crippen LogP contribution in [-0.4, -0.2) is 54.0 Å². The highest BCUT2D eigenvalue weighted by Crippen LogP contribution is 2.16. The second kappa shape index (κ2) is 10.4. The minimum Gasteiger partial charge on any atom is -0.467 e. The molecular weight excluding hydrogens is 376 g/mol. The number of carbonyl (C=O) groups excluding carboxylic acids is 2. The molecule has 1 aliphatic rings. The Bertz CT molecular complexity index is 724. The summed E-state index contributed by atoms with van der Waals surface area (Å²) in [6.45, 7) is 4.34. The Kier molecular flexibility index (Phi) is 7.68. The molecule has 3 heterocycles. The average molecular weight is 405 g/mol. The molecule has 3 rings (SSSR count). The van der Waals surface area contributed by atoms with Gasteiger partial charge in [0.2, 0.25) is 11.8 Å². The van der Waals surface area contributed by atoms with Gasteiger partial charge in [0.1, 0.15) is 5.76 Å². The maximum absolute atomic E-state index is 13.1. The Morgan fingerprint density at radius 3 is 2.75 bits per heavy atom. The average Bonchev–Trinajstić information content (AvgIpc) is 3.44. The first kappa shape index (κ1) is 20.6. The van der Waals surface area contributed by atoms with E-state index >= 15 is 0 Å². The standard InChI is InChI=1S/C21H28N2O4S/c1-2-9-22(20(24)13-19-8-5-12-28-19)16-21(25)23(14-17-6-3-10-26-17)15-18-7-4-11-27-18/h3,5-6,8,10,12,18H,2,4,7,9,11,13-16H2,1H3. The third kappa shape index (κ3) is 5.94. The van der Waals surface area contributed by atoms with Crippen molar-refractivity contribution in [2.45, 2.75) is 45.3 Å². The number of nitrogens with zero attached hydrogens (tertiary/aromatic N) is 2. The normalized spacial score (nSPS) is 16.2. The van der Waals surface area contributed by atoms with Crippen LogP contribution in [0.15, 0.2) is 40.3 Å². The number of furan rings is 1. The third-order valence-corrected chi connectivity index (χ3v) is 5.68. The van der Waals surface area contributed by atoms with E-state index in [1.165, 1.54) is 0 Å². The van der Waals surface area contributed by atoms with Crippen LogP contribution in [0.4, 0.5) is 0 Å². The van der Waals surface area contributed by atoms with E-state index in [1.54, 1.807) is 27.4 Å². The Morgan fingerprint density at radius 2 is 2.11 bits per heavy atom. The van der Waals surface area contributed by atoms with Gasteiger partial charge >= 0.3 is 0 Å². The molecule has 2 amide bonds. The van der Waals surface area contributed by atoms with Crippen LogP contribution in [0.5, 0.6) is 0 Å². The minimum atomic E-state index is -0.0696. The first-order chi connectivity index (χ1) is 13.7. The van der Waals surface area contributed by atoms with Gasteiger partial charge < -0.3 is 19.0 Å². The zero-order chi connectivity index (χ0) is 19.8. The molecule has 2 aromatic rings. The van der Waals surface area contributed by atoms with Crippen molar-refractivity contribution in [1.29, 1.82) is 0 Å². The minimum absolute atomic E-state index is 0.00675. The number of rotatable bonds is 10. The summed E-state index contributed by atoms with van der Waals surface area (Å²) in [6, 6.07) is 7.57. The van der Waals surface area contributed by atoms with Crippen molar-refractivity contribution in [3.05, 3.63) is 46.5 Å². The van der Waals surface area contributed by atoms with Crippen LogP contribution in [0.1, 0.15) is 36.8 Å². The van der Waals surface area contributed by atoms with Gasteiger partial charge in [-0.15, -0.1) is 11.3 Å². The van der Waals surface area contributed by atoms with Crippen molar-refractivity contribution >= 4 is 23.2 Å². The second-order valence-corrected chi connectivity index (χ2v) is 8.09. The Hall–Kier alpha value is -2.12. The molecule has 1 aliphatic heterocycles. The Balaban J connectivity index is 1.65. The molecule has 1 saturated heterocycles. The van der Waals surface area contributed by atoms with E-state index in [-0.39, 0.29) is 24.5 Å². The lowest BCUT2D eigenvalue weighted by atomic mass is 10.2. The van der Waals surface area contributed by atoms with E-state index in [4.69, 9.17) is 9.15 Å². The highest BCUT2D eigenvalue weighted by molar-refractivity contribution is 7.10. The zero-order valence-corrected chi connectivity index (χ0v) is 17.2. The van der Waals surface area contributed by atoms with Crippen LogP contribution in [0.2, 0.25) is 0 Å². The van der Waals surface area contributed by atoms with E-state index in [0.717, 1.165) is 36.5 Å². The maximum atomic E-state index is 13.1. The number of thiophene rings is 1. The fourth-order valence-electron chi connectivity index (χ4n) is 3.38. The largest absolute Gasteiger partial charge is 0.467 e. The fourth-order valence-corrected chi connectivity index (χ4v) is 4.07. The van der Waals surface area contributed by atoms with E-state index < -0.39 is 0 Å². The van der Waals surface area contributed by atoms with Gasteiger partial charge in [-0.25, -0.2) is 0 Å². The molecule has 0 aliphatic carbocycles. The summed E-state index contributed by atoms with van der Waals surface area (Å²) in [5.74, 6) is 0.658. The predicted molar refractivity (Wildman–Crippen MR) is 108 cm³/mol. The summed E-state index contributed by atoms with van der Waals surface area (Å²) in [5.41, 5.74) is 0. The van der Waals surface area contributed by atoms with Crippen molar-refractivity contribution in [3.8, 4) is 0 Å². The van der Waals surface area contributed by atoms with Gasteiger partial charge in [0.15, 0.2) is 0 Å². The molecule has 6 nitrogen and oxygen atoms in total. The van der Waals surface area contributed by atoms with E-state index in [1.807, 2.05) is 36.6 Å². The van der Waals surface area contributed by atoms with Crippen molar-refractivity contribution < 1.29 is 18.7 Å². The first-order valence-electron chi connectivity index (χ1n) is 9.87. The van der Waals surface area contributed by atoms with Gasteiger partial charge in [0, 0.05) is 24.6 Å². The topological polar surface area (TPSA) is 63.0 Å². The van der Waals surface area contributed by atoms with Crippen LogP contribution in [0.3, 0.4) is 0 Å². The molecule has 28 heavy (non-hydrogen) atoms. The molecule has 0 aromatic carbocycles. The van der Waals surface area contributed by atoms with Gasteiger partial charge in [0.25, 0.3) is 0 Å². The van der Waals surface area contributed by atoms with Gasteiger partial charge in [-0.2, -0.15) is 0 Å². The molecule has 1 fully saturated rings. The van der Waals surface area contributed by atoms with Gasteiger partial charge in [0.05, 0.1) is 31.9 Å². The lowest BCUT2D eigenvalue weighted by Gasteiger charge is -2.28. The summed E-state index contributed by atoms with van der Waals surface area (Å²) in [6.07, 6.45) is 4.80. The van der Waals surface area contributed by atoms with Crippen molar-refractivity contribution in [1.82, 2.24) is 9.80 Å². The number of carbonyl (C=O) groups is 2. The van der Waals surface area contributed by atoms with Crippen molar-refractivity contribution in [3.63, 3.8) is 0 Å². The monoisotopic (exact) mass is 404 g/mol. The van der Waals surface area contributed by atoms with Crippen molar-refractivity contribution in [2.24, 2.45) is 0 Å². The summed E-state index contributed by atoms with van der Waals surface area (Å²) >= 11 is 1.56. The molecule has 152 valence electrons. The molecule has 0 saturated carbocycles. The van der Waals surface area contributed by atoms with E-state index in [2.05, 4.69) is 0 Å². The summed E-state index contributed by atoms with van der Waals surface area (Å²) in [7, 11) is 0. The van der Waals surface area contributed by atoms with Gasteiger partial charge in [-0.3, -0.25) is 9.59 Å². The smallest absolute Gasteiger partial charge is 0.242 e. The predicted octanol–water partition coefficient (Wildman–Crippen LogP) is 3.33. The van der Waals surface area contributed by atoms with Crippen LogP contribution in [0.25, 0.3) is 0 Å². The number of ether oxygens (including phenoxy) is 1. The molecule has 7 heteroatoms. The molecule has 2 aromatic heterocycles. The number of hydrogen-bond donors (Lipinski definition) is 0. The first-order valence-corrected chi connectivity index (χ1v) is 10.8. The Morgan fingerprint density at radius 1 is 1.21 bits per heavy atom. The summed E-state index contributed by atoms with van der Waals surface area (Å²) < 4.78 is 11.2. The molecule has 0 spiro atoms. The van der Waals surface area contributed by atoms with Crippen LogP contribution < -0.4 is 0 Å². The third-order valence-electron chi connectivity index (χ3n) is 4.81. The lowest BCUT2D eigenvalue weighted by molar-refractivity contribution is -0.141. The molecule has 0 radical (unpaired) electrons. The van der Waals surface area contributed by atoms with E-state index in [9.17, 15) is 9.59 Å². The highest BCUT2D eigenvalue weighted by Gasteiger charge is 2.26. The van der Waals surface area contributed by atoms with Crippen molar-refractivity contribution in [2.75, 3.05) is 26.2 Å². The second-order valence-electron chi connectivity index (χ2n) is 7.06. The number of hydrogen-bond acceptors (Lipinski definition) is 5. The van der Waals surface area contributed by atoms with Crippen LogP contribution >= 0.6 is 11.3 Å². The molecule has 1 atom stereocenters. The van der Waals surface area contributed by atoms with Crippen LogP contribution in [0, 0.1) is 0 Å². The highest BCUT2D eigenvalue weighted by atomic mass is 32.1. The summed E-state index contributed by atoms with van der Waals surface area (Å²) in [4.78, 5) is 30.3. The van der Waals surface area contributed by atoms with E-state index in [0.29, 0.717) is 26.1 Å². The maximum Gasteiger partial charge on any atom is 0.242 e. The zero-order valence-electron chi connectivity index (χ0n) is 16.3. The summed E-state index contributed by atoms with van der Waals surface area (Å²) in [5, 5.41) is 1.96. The molecular formula is C21H28N2O4S. The number of amides is 2. The molecule has 0 N–H and O–H groups in total. The Labute approximate surface area is 170 Å². The van der Waals surface area contributed by atoms with Gasteiger partial charge in [-0.05, 0) is 42.8 Å². The fraction of sp³-hybridized carbons (Fsp3) is 0.524. The molecule has 0 bridgehead atoms.